The number of hydrogen-bond acceptors (Lipinski definition) is 11. The zero-order chi connectivity index (χ0) is 34.3. The molecular weight excluding hydrogens is 658 g/mol. The maximum atomic E-state index is 17.1. The second-order valence-electron chi connectivity index (χ2n) is 11.1. The van der Waals surface area contributed by atoms with Crippen molar-refractivity contribution in [3.63, 3.8) is 0 Å². The van der Waals surface area contributed by atoms with Gasteiger partial charge in [0.1, 0.15) is 46.8 Å². The lowest BCUT2D eigenvalue weighted by atomic mass is 9.96. The van der Waals surface area contributed by atoms with Gasteiger partial charge in [-0.05, 0) is 31.7 Å². The van der Waals surface area contributed by atoms with Crippen LogP contribution in [0.3, 0.4) is 0 Å². The molecule has 0 bridgehead atoms. The predicted molar refractivity (Wildman–Crippen MR) is 187 cm³/mol. The number of thiophene rings is 1. The van der Waals surface area contributed by atoms with Crippen LogP contribution in [0, 0.1) is 23.0 Å². The molecule has 0 spiro atoms. The summed E-state index contributed by atoms with van der Waals surface area (Å²) in [4.78, 5) is 17.6. The van der Waals surface area contributed by atoms with Crippen LogP contribution < -0.4 is 25.8 Å². The van der Waals surface area contributed by atoms with Gasteiger partial charge in [-0.3, -0.25) is 4.90 Å². The summed E-state index contributed by atoms with van der Waals surface area (Å²) in [5.74, 6) is -0.554. The monoisotopic (exact) mass is 690 g/mol. The van der Waals surface area contributed by atoms with Crippen LogP contribution in [0.25, 0.3) is 32.1 Å². The zero-order valence-electron chi connectivity index (χ0n) is 26.7. The van der Waals surface area contributed by atoms with Crippen molar-refractivity contribution in [2.24, 2.45) is 0 Å². The number of hydrogen-bond donors (Lipinski definition) is 2. The van der Waals surface area contributed by atoms with Crippen LogP contribution in [0.2, 0.25) is 5.02 Å². The molecule has 2 aliphatic rings. The van der Waals surface area contributed by atoms with E-state index in [1.54, 1.807) is 12.3 Å². The quantitative estimate of drug-likeness (QED) is 0.180. The highest BCUT2D eigenvalue weighted by Gasteiger charge is 2.33. The maximum absolute atomic E-state index is 17.1. The van der Waals surface area contributed by atoms with Gasteiger partial charge in [0.15, 0.2) is 11.6 Å². The van der Waals surface area contributed by atoms with Crippen molar-refractivity contribution in [2.45, 2.75) is 39.5 Å². The van der Waals surface area contributed by atoms with Gasteiger partial charge >= 0.3 is 6.01 Å². The number of likely N-dealkylation sites (N-methyl/N-ethyl adjacent to an activating group) is 1. The SMILES string of the molecule is CC.CC(Oc1nc2c3c(c(Cl)c(-c4ccc(F)c5sc(N)c(C#N)c45)c(F)c3n1)OCCN2Cc1cccnc1N)C1C=CCN1C. The molecule has 2 aromatic carbocycles. The van der Waals surface area contributed by atoms with Crippen LogP contribution in [-0.2, 0) is 6.54 Å². The number of anilines is 3. The fourth-order valence-electron chi connectivity index (χ4n) is 6.09. The minimum atomic E-state index is -0.810. The Bertz CT molecular complexity index is 2120. The Balaban J connectivity index is 0.00000197. The van der Waals surface area contributed by atoms with E-state index >= 15 is 4.39 Å². The number of aromatic nitrogens is 3. The Hall–Kier alpha value is -4.77. The molecule has 3 aromatic heterocycles. The van der Waals surface area contributed by atoms with Crippen molar-refractivity contribution in [2.75, 3.05) is 43.1 Å². The van der Waals surface area contributed by atoms with E-state index in [9.17, 15) is 9.65 Å². The van der Waals surface area contributed by atoms with E-state index in [0.717, 1.165) is 23.4 Å². The molecule has 0 radical (unpaired) electrons. The number of pyridine rings is 1. The first-order chi connectivity index (χ1) is 23.2. The molecule has 0 saturated heterocycles. The second kappa shape index (κ2) is 13.4. The molecule has 5 aromatic rings. The van der Waals surface area contributed by atoms with Crippen molar-refractivity contribution in [1.29, 1.82) is 5.26 Å². The van der Waals surface area contributed by atoms with Gasteiger partial charge in [-0.1, -0.05) is 49.7 Å². The minimum Gasteiger partial charge on any atom is -0.489 e. The standard InChI is InChI=1S/C32H27ClF2N8O2S.C2H6/c1-15(20-6-4-10-42(20)2)45-32-40-26-23-27(44-12-11-43(31(23)41-32)14-16-5-3-9-39-29(16)37)24(33)22(25(26)35)17-7-8-19(34)28-21(17)18(13-36)30(38)46-28;1-2/h3-9,15,20H,10-12,14,38H2,1-2H3,(H2,37,39);1-2H3. The van der Waals surface area contributed by atoms with Gasteiger partial charge in [0, 0.05) is 35.8 Å². The molecule has 248 valence electrons. The Kier molecular flexibility index (Phi) is 9.24. The lowest BCUT2D eigenvalue weighted by molar-refractivity contribution is 0.127. The van der Waals surface area contributed by atoms with E-state index < -0.39 is 11.6 Å². The molecule has 10 nitrogen and oxygen atoms in total. The number of nitriles is 1. The van der Waals surface area contributed by atoms with Gasteiger partial charge in [-0.2, -0.15) is 15.2 Å². The van der Waals surface area contributed by atoms with Gasteiger partial charge < -0.3 is 25.8 Å². The van der Waals surface area contributed by atoms with E-state index in [-0.39, 0.29) is 84.8 Å². The van der Waals surface area contributed by atoms with E-state index in [1.807, 2.05) is 57.0 Å². The number of nitrogens with two attached hydrogens (primary N) is 2. The molecule has 14 heteroatoms. The van der Waals surface area contributed by atoms with Gasteiger partial charge in [0.2, 0.25) is 0 Å². The summed E-state index contributed by atoms with van der Waals surface area (Å²) in [5, 5.41) is 10.3. The van der Waals surface area contributed by atoms with Crippen LogP contribution in [0.5, 0.6) is 11.8 Å². The first-order valence-electron chi connectivity index (χ1n) is 15.4. The maximum Gasteiger partial charge on any atom is 0.319 e. The molecule has 0 fully saturated rings. The zero-order valence-corrected chi connectivity index (χ0v) is 28.3. The lowest BCUT2D eigenvalue weighted by Crippen LogP contribution is -2.38. The van der Waals surface area contributed by atoms with Gasteiger partial charge in [0.05, 0.1) is 33.3 Å². The highest BCUT2D eigenvalue weighted by atomic mass is 35.5. The number of benzene rings is 2. The summed E-state index contributed by atoms with van der Waals surface area (Å²) in [6.07, 6.45) is 5.32. The van der Waals surface area contributed by atoms with Crippen molar-refractivity contribution < 1.29 is 18.3 Å². The van der Waals surface area contributed by atoms with Crippen LogP contribution in [-0.4, -0.2) is 58.7 Å². The van der Waals surface area contributed by atoms with Crippen LogP contribution >= 0.6 is 22.9 Å². The number of halogens is 3. The van der Waals surface area contributed by atoms with Crippen molar-refractivity contribution in [3.05, 3.63) is 70.4 Å². The molecule has 7 rings (SSSR count). The largest absolute Gasteiger partial charge is 0.489 e. The summed E-state index contributed by atoms with van der Waals surface area (Å²) < 4.78 is 44.6. The van der Waals surface area contributed by atoms with Crippen LogP contribution in [0.4, 0.5) is 25.4 Å². The number of fused-ring (bicyclic) bond motifs is 1. The number of nitrogen functional groups attached to an aromatic ring is 2. The number of ether oxygens (including phenoxy) is 2. The van der Waals surface area contributed by atoms with E-state index in [1.165, 1.54) is 12.1 Å². The Morgan fingerprint density at radius 1 is 1.21 bits per heavy atom. The Labute approximate surface area is 285 Å². The minimum absolute atomic E-state index is 0.0343. The van der Waals surface area contributed by atoms with Gasteiger partial charge in [-0.25, -0.2) is 13.8 Å². The predicted octanol–water partition coefficient (Wildman–Crippen LogP) is 6.94. The third-order valence-electron chi connectivity index (χ3n) is 8.34. The summed E-state index contributed by atoms with van der Waals surface area (Å²) in [6.45, 7) is 7.45. The van der Waals surface area contributed by atoms with Gasteiger partial charge in [0.25, 0.3) is 0 Å². The Morgan fingerprint density at radius 3 is 2.71 bits per heavy atom. The first kappa shape index (κ1) is 33.1. The smallest absolute Gasteiger partial charge is 0.319 e. The third-order valence-corrected chi connectivity index (χ3v) is 9.73. The first-order valence-corrected chi connectivity index (χ1v) is 16.6. The van der Waals surface area contributed by atoms with Crippen molar-refractivity contribution >= 4 is 60.6 Å². The Morgan fingerprint density at radius 2 is 2.00 bits per heavy atom. The van der Waals surface area contributed by atoms with Crippen molar-refractivity contribution in [3.8, 4) is 29.0 Å². The average molecular weight is 691 g/mol. The molecule has 2 atom stereocenters. The third kappa shape index (κ3) is 5.59. The topological polar surface area (TPSA) is 139 Å². The summed E-state index contributed by atoms with van der Waals surface area (Å²) in [6, 6.07) is 8.15. The van der Waals surface area contributed by atoms with Gasteiger partial charge in [-0.15, -0.1) is 11.3 Å². The molecule has 5 heterocycles. The van der Waals surface area contributed by atoms with Crippen molar-refractivity contribution in [1.82, 2.24) is 19.9 Å². The number of nitrogens with zero attached hydrogens (tertiary/aromatic N) is 6. The molecule has 0 saturated carbocycles. The fourth-order valence-corrected chi connectivity index (χ4v) is 7.37. The lowest BCUT2D eigenvalue weighted by Gasteiger charge is -2.27. The molecule has 4 N–H and O–H groups in total. The van der Waals surface area contributed by atoms with E-state index in [0.29, 0.717) is 18.2 Å². The van der Waals surface area contributed by atoms with Crippen LogP contribution in [0.1, 0.15) is 31.9 Å². The molecule has 48 heavy (non-hydrogen) atoms. The summed E-state index contributed by atoms with van der Waals surface area (Å²) in [5.41, 5.74) is 13.0. The summed E-state index contributed by atoms with van der Waals surface area (Å²) in [7, 11) is 1.98. The average Bonchev–Trinajstić information content (AvgIpc) is 3.61. The summed E-state index contributed by atoms with van der Waals surface area (Å²) >= 11 is 7.90. The normalized spacial score (nSPS) is 16.3. The molecular formula is C34H33ClF2N8O2S. The van der Waals surface area contributed by atoms with E-state index in [2.05, 4.69) is 14.9 Å². The second-order valence-corrected chi connectivity index (χ2v) is 12.6. The van der Waals surface area contributed by atoms with E-state index in [4.69, 9.17) is 37.5 Å². The van der Waals surface area contributed by atoms with Crippen LogP contribution in [0.15, 0.2) is 42.6 Å². The molecule has 2 unspecified atom stereocenters. The molecule has 0 amide bonds. The number of rotatable bonds is 6. The fraction of sp³-hybridized carbons (Fsp3) is 0.294. The molecule has 0 aliphatic carbocycles. The highest BCUT2D eigenvalue weighted by Crippen LogP contribution is 2.50. The highest BCUT2D eigenvalue weighted by molar-refractivity contribution is 7.23. The molecule has 2 aliphatic heterocycles.